The van der Waals surface area contributed by atoms with Crippen LogP contribution in [0.2, 0.25) is 0 Å². The molecule has 3 aromatic heterocycles. The van der Waals surface area contributed by atoms with Crippen LogP contribution in [0.25, 0.3) is 27.3 Å². The van der Waals surface area contributed by atoms with Gasteiger partial charge < -0.3 is 4.90 Å². The highest BCUT2D eigenvalue weighted by Gasteiger charge is 2.24. The van der Waals surface area contributed by atoms with E-state index in [0.29, 0.717) is 0 Å². The zero-order chi connectivity index (χ0) is 18.7. The van der Waals surface area contributed by atoms with Crippen molar-refractivity contribution >= 4 is 32.9 Å². The smallest absolute Gasteiger partial charge is 0.182 e. The Labute approximate surface area is 162 Å². The molecule has 3 heterocycles. The summed E-state index contributed by atoms with van der Waals surface area (Å²) in [6, 6.07) is 8.40. The van der Waals surface area contributed by atoms with Crippen LogP contribution in [0.5, 0.6) is 0 Å². The second-order valence-corrected chi connectivity index (χ2v) is 8.89. The summed E-state index contributed by atoms with van der Waals surface area (Å²) < 4.78 is 1.92. The molecule has 1 atom stereocenters. The van der Waals surface area contributed by atoms with Gasteiger partial charge >= 0.3 is 0 Å². The van der Waals surface area contributed by atoms with Gasteiger partial charge in [0.1, 0.15) is 10.7 Å². The standard InChI is InChI=1S/C21H23N5S/c1-12-5-10-16-17(11-12)27-21-18(16)20-23-19(24-26(20)13(2)22-21)14-6-8-15(9-7-14)25(3)4/h6-9,12H,5,10-11H2,1-4H3/t12-/m0/s1. The van der Waals surface area contributed by atoms with Crippen LogP contribution in [0, 0.1) is 12.8 Å². The molecule has 1 aromatic carbocycles. The Morgan fingerprint density at radius 3 is 2.67 bits per heavy atom. The third-order valence-electron chi connectivity index (χ3n) is 5.54. The average molecular weight is 378 g/mol. The number of rotatable bonds is 2. The van der Waals surface area contributed by atoms with E-state index in [0.717, 1.165) is 46.4 Å². The third kappa shape index (κ3) is 2.62. The number of hydrogen-bond donors (Lipinski definition) is 0. The number of benzene rings is 1. The lowest BCUT2D eigenvalue weighted by Crippen LogP contribution is -2.08. The van der Waals surface area contributed by atoms with Crippen LogP contribution in [0.4, 0.5) is 5.69 Å². The molecule has 27 heavy (non-hydrogen) atoms. The van der Waals surface area contributed by atoms with Crippen LogP contribution < -0.4 is 4.90 Å². The molecule has 1 aliphatic carbocycles. The van der Waals surface area contributed by atoms with Gasteiger partial charge in [-0.25, -0.2) is 9.97 Å². The minimum absolute atomic E-state index is 0.756. The van der Waals surface area contributed by atoms with Crippen LogP contribution in [0.15, 0.2) is 24.3 Å². The van der Waals surface area contributed by atoms with E-state index < -0.39 is 0 Å². The molecule has 0 saturated carbocycles. The maximum Gasteiger partial charge on any atom is 0.182 e. The Kier molecular flexibility index (Phi) is 3.72. The molecule has 0 spiro atoms. The molecular weight excluding hydrogens is 354 g/mol. The number of fused-ring (bicyclic) bond motifs is 5. The SMILES string of the molecule is Cc1nc2sc3c(c2c2nc(-c4ccc(N(C)C)cc4)nn12)CC[C@H](C)C3. The van der Waals surface area contributed by atoms with Crippen molar-refractivity contribution < 1.29 is 0 Å². The van der Waals surface area contributed by atoms with Crippen LogP contribution in [0.1, 0.15) is 29.6 Å². The zero-order valence-electron chi connectivity index (χ0n) is 16.2. The number of aromatic nitrogens is 4. The van der Waals surface area contributed by atoms with Crippen molar-refractivity contribution in [2.24, 2.45) is 5.92 Å². The molecule has 0 aliphatic heterocycles. The van der Waals surface area contributed by atoms with Crippen LogP contribution in [-0.2, 0) is 12.8 Å². The van der Waals surface area contributed by atoms with Gasteiger partial charge in [-0.3, -0.25) is 0 Å². The number of anilines is 1. The van der Waals surface area contributed by atoms with E-state index in [1.54, 1.807) is 0 Å². The first-order valence-corrected chi connectivity index (χ1v) is 10.3. The molecular formula is C21H23N5S. The van der Waals surface area contributed by atoms with E-state index in [1.165, 1.54) is 27.9 Å². The molecule has 5 rings (SSSR count). The molecule has 1 aliphatic rings. The van der Waals surface area contributed by atoms with Gasteiger partial charge in [0.15, 0.2) is 11.5 Å². The molecule has 5 nitrogen and oxygen atoms in total. The first-order valence-electron chi connectivity index (χ1n) is 9.46. The topological polar surface area (TPSA) is 46.3 Å². The summed E-state index contributed by atoms with van der Waals surface area (Å²) in [7, 11) is 4.09. The molecule has 0 unspecified atom stereocenters. The fourth-order valence-corrected chi connectivity index (χ4v) is 5.39. The molecule has 0 radical (unpaired) electrons. The van der Waals surface area contributed by atoms with Crippen molar-refractivity contribution in [1.82, 2.24) is 19.6 Å². The van der Waals surface area contributed by atoms with Gasteiger partial charge in [-0.2, -0.15) is 4.52 Å². The van der Waals surface area contributed by atoms with Gasteiger partial charge in [-0.05, 0) is 61.9 Å². The number of thiophene rings is 1. The highest BCUT2D eigenvalue weighted by atomic mass is 32.1. The van der Waals surface area contributed by atoms with Crippen molar-refractivity contribution in [3.05, 3.63) is 40.5 Å². The van der Waals surface area contributed by atoms with E-state index in [9.17, 15) is 0 Å². The third-order valence-corrected chi connectivity index (χ3v) is 6.68. The Morgan fingerprint density at radius 1 is 1.15 bits per heavy atom. The van der Waals surface area contributed by atoms with E-state index >= 15 is 0 Å². The molecule has 0 N–H and O–H groups in total. The van der Waals surface area contributed by atoms with Crippen molar-refractivity contribution in [1.29, 1.82) is 0 Å². The summed E-state index contributed by atoms with van der Waals surface area (Å²) in [5.74, 6) is 2.42. The number of nitrogens with zero attached hydrogens (tertiary/aromatic N) is 5. The highest BCUT2D eigenvalue weighted by Crippen LogP contribution is 2.39. The summed E-state index contributed by atoms with van der Waals surface area (Å²) in [6.45, 7) is 4.36. The summed E-state index contributed by atoms with van der Waals surface area (Å²) in [5.41, 5.74) is 4.61. The van der Waals surface area contributed by atoms with Crippen molar-refractivity contribution in [2.45, 2.75) is 33.1 Å². The Morgan fingerprint density at radius 2 is 1.93 bits per heavy atom. The predicted molar refractivity (Wildman–Crippen MR) is 112 cm³/mol. The average Bonchev–Trinajstić information content (AvgIpc) is 3.22. The minimum Gasteiger partial charge on any atom is -0.378 e. The van der Waals surface area contributed by atoms with Crippen LogP contribution >= 0.6 is 11.3 Å². The second-order valence-electron chi connectivity index (χ2n) is 7.80. The van der Waals surface area contributed by atoms with Crippen molar-refractivity contribution in [3.8, 4) is 11.4 Å². The van der Waals surface area contributed by atoms with Crippen molar-refractivity contribution in [2.75, 3.05) is 19.0 Å². The summed E-state index contributed by atoms with van der Waals surface area (Å²) in [6.07, 6.45) is 3.52. The lowest BCUT2D eigenvalue weighted by atomic mass is 9.89. The fraction of sp³-hybridized carbons (Fsp3) is 0.381. The molecule has 0 saturated heterocycles. The monoisotopic (exact) mass is 377 g/mol. The minimum atomic E-state index is 0.756. The Hall–Kier alpha value is -2.47. The van der Waals surface area contributed by atoms with Gasteiger partial charge in [0, 0.05) is 30.2 Å². The maximum atomic E-state index is 4.95. The molecule has 0 bridgehead atoms. The van der Waals surface area contributed by atoms with E-state index in [-0.39, 0.29) is 0 Å². The van der Waals surface area contributed by atoms with Gasteiger partial charge in [0.05, 0.1) is 5.39 Å². The van der Waals surface area contributed by atoms with E-state index in [1.807, 2.05) is 36.9 Å². The molecule has 138 valence electrons. The predicted octanol–water partition coefficient (Wildman–Crippen LogP) is 4.51. The van der Waals surface area contributed by atoms with Crippen LogP contribution in [0.3, 0.4) is 0 Å². The van der Waals surface area contributed by atoms with Gasteiger partial charge in [0.25, 0.3) is 0 Å². The molecule has 0 fully saturated rings. The van der Waals surface area contributed by atoms with Crippen molar-refractivity contribution in [3.63, 3.8) is 0 Å². The van der Waals surface area contributed by atoms with Gasteiger partial charge in [-0.15, -0.1) is 16.4 Å². The summed E-state index contributed by atoms with van der Waals surface area (Å²) in [5, 5.41) is 6.00. The molecule has 0 amide bonds. The number of aryl methyl sites for hydroxylation is 2. The lowest BCUT2D eigenvalue weighted by molar-refractivity contribution is 0.509. The van der Waals surface area contributed by atoms with Crippen LogP contribution in [-0.4, -0.2) is 33.7 Å². The zero-order valence-corrected chi connectivity index (χ0v) is 17.0. The maximum absolute atomic E-state index is 4.95. The Bertz CT molecular complexity index is 1150. The van der Waals surface area contributed by atoms with E-state index in [2.05, 4.69) is 36.1 Å². The van der Waals surface area contributed by atoms with Gasteiger partial charge in [0.2, 0.25) is 0 Å². The van der Waals surface area contributed by atoms with E-state index in [4.69, 9.17) is 15.1 Å². The molecule has 4 aromatic rings. The quantitative estimate of drug-likeness (QED) is 0.516. The first kappa shape index (κ1) is 16.7. The van der Waals surface area contributed by atoms with Gasteiger partial charge in [-0.1, -0.05) is 6.92 Å². The second kappa shape index (κ2) is 6.02. The first-order chi connectivity index (χ1) is 13.0. The molecule has 6 heteroatoms. The normalized spacial score (nSPS) is 16.8. The fourth-order valence-electron chi connectivity index (χ4n) is 3.97. The largest absolute Gasteiger partial charge is 0.378 e. The highest BCUT2D eigenvalue weighted by molar-refractivity contribution is 7.19. The number of hydrogen-bond acceptors (Lipinski definition) is 5. The summed E-state index contributed by atoms with van der Waals surface area (Å²) >= 11 is 1.84. The lowest BCUT2D eigenvalue weighted by Gasteiger charge is -2.17. The Balaban J connectivity index is 1.70. The summed E-state index contributed by atoms with van der Waals surface area (Å²) in [4.78, 5) is 14.5.